The minimum Gasteiger partial charge on any atom is -0.496 e. The quantitative estimate of drug-likeness (QED) is 0.541. The SMILES string of the molecule is CNCCNC(=O)c1cc(Cl)c(N)cc1OC. The van der Waals surface area contributed by atoms with Crippen molar-refractivity contribution < 1.29 is 9.53 Å². The fourth-order valence-electron chi connectivity index (χ4n) is 1.31. The molecule has 0 heterocycles. The van der Waals surface area contributed by atoms with E-state index in [2.05, 4.69) is 10.6 Å². The molecule has 0 saturated carbocycles. The number of nitrogens with one attached hydrogen (secondary N) is 2. The molecule has 0 aromatic heterocycles. The number of hydrogen-bond acceptors (Lipinski definition) is 4. The van der Waals surface area contributed by atoms with Crippen molar-refractivity contribution in [2.75, 3.05) is 33.0 Å². The summed E-state index contributed by atoms with van der Waals surface area (Å²) in [7, 11) is 3.29. The summed E-state index contributed by atoms with van der Waals surface area (Å²) in [6.45, 7) is 1.22. The predicted molar refractivity (Wildman–Crippen MR) is 68.7 cm³/mol. The third-order valence-electron chi connectivity index (χ3n) is 2.22. The van der Waals surface area contributed by atoms with E-state index in [1.165, 1.54) is 19.2 Å². The Kier molecular flexibility index (Phi) is 5.06. The number of nitrogen functional groups attached to an aromatic ring is 1. The maximum absolute atomic E-state index is 11.8. The van der Waals surface area contributed by atoms with E-state index in [4.69, 9.17) is 22.1 Å². The predicted octanol–water partition coefficient (Wildman–Crippen LogP) is 0.880. The summed E-state index contributed by atoms with van der Waals surface area (Å²) in [5.41, 5.74) is 6.40. The number of ether oxygens (including phenoxy) is 1. The van der Waals surface area contributed by atoms with Crippen LogP contribution >= 0.6 is 11.6 Å². The highest BCUT2D eigenvalue weighted by Crippen LogP contribution is 2.28. The van der Waals surface area contributed by atoms with Gasteiger partial charge in [0.25, 0.3) is 5.91 Å². The lowest BCUT2D eigenvalue weighted by Crippen LogP contribution is -2.30. The van der Waals surface area contributed by atoms with Gasteiger partial charge in [-0.05, 0) is 13.1 Å². The zero-order valence-corrected chi connectivity index (χ0v) is 10.6. The lowest BCUT2D eigenvalue weighted by atomic mass is 10.1. The summed E-state index contributed by atoms with van der Waals surface area (Å²) in [4.78, 5) is 11.8. The second kappa shape index (κ2) is 6.32. The van der Waals surface area contributed by atoms with Crippen LogP contribution in [-0.2, 0) is 0 Å². The van der Waals surface area contributed by atoms with Crippen molar-refractivity contribution in [1.82, 2.24) is 10.6 Å². The summed E-state index contributed by atoms with van der Waals surface area (Å²) in [6.07, 6.45) is 0. The van der Waals surface area contributed by atoms with Gasteiger partial charge >= 0.3 is 0 Å². The van der Waals surface area contributed by atoms with Gasteiger partial charge < -0.3 is 21.1 Å². The normalized spacial score (nSPS) is 10.1. The molecule has 0 aliphatic rings. The molecule has 0 bridgehead atoms. The fourth-order valence-corrected chi connectivity index (χ4v) is 1.48. The Hall–Kier alpha value is -1.46. The molecule has 0 unspecified atom stereocenters. The Balaban J connectivity index is 2.88. The number of nitrogens with two attached hydrogens (primary N) is 1. The Morgan fingerprint density at radius 2 is 2.18 bits per heavy atom. The van der Waals surface area contributed by atoms with E-state index < -0.39 is 0 Å². The van der Waals surface area contributed by atoms with E-state index >= 15 is 0 Å². The van der Waals surface area contributed by atoms with Gasteiger partial charge in [0.15, 0.2) is 0 Å². The minimum atomic E-state index is -0.237. The topological polar surface area (TPSA) is 76.4 Å². The van der Waals surface area contributed by atoms with E-state index in [-0.39, 0.29) is 5.91 Å². The molecule has 1 aromatic carbocycles. The number of amides is 1. The van der Waals surface area contributed by atoms with Crippen LogP contribution in [0.3, 0.4) is 0 Å². The maximum atomic E-state index is 11.8. The average molecular weight is 258 g/mol. The number of benzene rings is 1. The van der Waals surface area contributed by atoms with Gasteiger partial charge in [-0.25, -0.2) is 0 Å². The van der Waals surface area contributed by atoms with Gasteiger partial charge in [-0.3, -0.25) is 4.79 Å². The lowest BCUT2D eigenvalue weighted by Gasteiger charge is -2.11. The average Bonchev–Trinajstić information content (AvgIpc) is 2.32. The van der Waals surface area contributed by atoms with E-state index in [1.54, 1.807) is 0 Å². The molecule has 1 aromatic rings. The molecule has 0 spiro atoms. The summed E-state index contributed by atoms with van der Waals surface area (Å²) >= 11 is 5.88. The van der Waals surface area contributed by atoms with Gasteiger partial charge in [0.2, 0.25) is 0 Å². The van der Waals surface area contributed by atoms with Crippen molar-refractivity contribution in [3.63, 3.8) is 0 Å². The first-order valence-corrected chi connectivity index (χ1v) is 5.53. The molecule has 94 valence electrons. The highest BCUT2D eigenvalue weighted by molar-refractivity contribution is 6.33. The molecule has 5 nitrogen and oxygen atoms in total. The first kappa shape index (κ1) is 13.6. The standard InChI is InChI=1S/C11H16ClN3O2/c1-14-3-4-15-11(16)7-5-8(12)9(13)6-10(7)17-2/h5-6,14H,3-4,13H2,1-2H3,(H,15,16). The maximum Gasteiger partial charge on any atom is 0.255 e. The Bertz CT molecular complexity index is 410. The number of methoxy groups -OCH3 is 1. The van der Waals surface area contributed by atoms with Gasteiger partial charge in [0, 0.05) is 19.2 Å². The largest absolute Gasteiger partial charge is 0.496 e. The Morgan fingerprint density at radius 1 is 1.47 bits per heavy atom. The van der Waals surface area contributed by atoms with Crippen LogP contribution in [0.5, 0.6) is 5.75 Å². The third kappa shape index (κ3) is 3.51. The molecule has 0 saturated heterocycles. The number of likely N-dealkylation sites (N-methyl/N-ethyl adjacent to an activating group) is 1. The number of halogens is 1. The van der Waals surface area contributed by atoms with Gasteiger partial charge in [0.1, 0.15) is 5.75 Å². The number of rotatable bonds is 5. The minimum absolute atomic E-state index is 0.237. The van der Waals surface area contributed by atoms with Crippen LogP contribution in [0.25, 0.3) is 0 Å². The second-order valence-corrected chi connectivity index (χ2v) is 3.84. The van der Waals surface area contributed by atoms with Gasteiger partial charge in [0.05, 0.1) is 23.4 Å². The number of carbonyl (C=O) groups is 1. The second-order valence-electron chi connectivity index (χ2n) is 3.43. The zero-order chi connectivity index (χ0) is 12.8. The molecular formula is C11H16ClN3O2. The summed E-state index contributed by atoms with van der Waals surface area (Å²) < 4.78 is 5.09. The summed E-state index contributed by atoms with van der Waals surface area (Å²) in [5, 5.41) is 6.01. The zero-order valence-electron chi connectivity index (χ0n) is 9.84. The highest BCUT2D eigenvalue weighted by atomic mass is 35.5. The van der Waals surface area contributed by atoms with Crippen LogP contribution in [0.1, 0.15) is 10.4 Å². The number of anilines is 1. The van der Waals surface area contributed by atoms with Gasteiger partial charge in [-0.15, -0.1) is 0 Å². The van der Waals surface area contributed by atoms with Crippen molar-refractivity contribution in [1.29, 1.82) is 0 Å². The molecular weight excluding hydrogens is 242 g/mol. The molecule has 17 heavy (non-hydrogen) atoms. The van der Waals surface area contributed by atoms with Gasteiger partial charge in [-0.2, -0.15) is 0 Å². The van der Waals surface area contributed by atoms with Crippen LogP contribution in [-0.4, -0.2) is 33.2 Å². The molecule has 0 fully saturated rings. The number of hydrogen-bond donors (Lipinski definition) is 3. The molecule has 4 N–H and O–H groups in total. The molecule has 0 atom stereocenters. The van der Waals surface area contributed by atoms with Crippen LogP contribution in [0.4, 0.5) is 5.69 Å². The van der Waals surface area contributed by atoms with Crippen LogP contribution in [0, 0.1) is 0 Å². The van der Waals surface area contributed by atoms with Gasteiger partial charge in [-0.1, -0.05) is 11.6 Å². The monoisotopic (exact) mass is 257 g/mol. The molecule has 6 heteroatoms. The smallest absolute Gasteiger partial charge is 0.255 e. The number of carbonyl (C=O) groups excluding carboxylic acids is 1. The van der Waals surface area contributed by atoms with E-state index in [0.29, 0.717) is 35.1 Å². The van der Waals surface area contributed by atoms with Crippen LogP contribution in [0.2, 0.25) is 5.02 Å². The van der Waals surface area contributed by atoms with Crippen molar-refractivity contribution in [2.24, 2.45) is 0 Å². The van der Waals surface area contributed by atoms with E-state index in [1.807, 2.05) is 7.05 Å². The van der Waals surface area contributed by atoms with E-state index in [9.17, 15) is 4.79 Å². The van der Waals surface area contributed by atoms with Crippen molar-refractivity contribution in [3.8, 4) is 5.75 Å². The van der Waals surface area contributed by atoms with Crippen molar-refractivity contribution in [3.05, 3.63) is 22.7 Å². The van der Waals surface area contributed by atoms with Crippen molar-refractivity contribution >= 4 is 23.2 Å². The van der Waals surface area contributed by atoms with Crippen molar-refractivity contribution in [2.45, 2.75) is 0 Å². The Labute approximate surface area is 105 Å². The van der Waals surface area contributed by atoms with E-state index in [0.717, 1.165) is 0 Å². The molecule has 0 aliphatic heterocycles. The van der Waals surface area contributed by atoms with Crippen LogP contribution in [0.15, 0.2) is 12.1 Å². The Morgan fingerprint density at radius 3 is 2.76 bits per heavy atom. The first-order valence-electron chi connectivity index (χ1n) is 5.16. The molecule has 0 radical (unpaired) electrons. The summed E-state index contributed by atoms with van der Waals surface area (Å²) in [6, 6.07) is 3.04. The summed E-state index contributed by atoms with van der Waals surface area (Å²) in [5.74, 6) is 0.174. The lowest BCUT2D eigenvalue weighted by molar-refractivity contribution is 0.0951. The first-order chi connectivity index (χ1) is 8.10. The molecule has 1 amide bonds. The third-order valence-corrected chi connectivity index (χ3v) is 2.55. The molecule has 0 aliphatic carbocycles. The fraction of sp³-hybridized carbons (Fsp3) is 0.364. The molecule has 1 rings (SSSR count). The highest BCUT2D eigenvalue weighted by Gasteiger charge is 2.14. The van der Waals surface area contributed by atoms with Crippen LogP contribution < -0.4 is 21.1 Å².